The van der Waals surface area contributed by atoms with Crippen LogP contribution in [0.5, 0.6) is 11.5 Å². The van der Waals surface area contributed by atoms with Crippen molar-refractivity contribution < 1.29 is 22.6 Å². The number of unbranched alkanes of at least 4 members (excludes halogenated alkanes) is 1. The molecule has 0 radical (unpaired) electrons. The van der Waals surface area contributed by atoms with Crippen molar-refractivity contribution in [2.45, 2.75) is 59.0 Å². The van der Waals surface area contributed by atoms with Gasteiger partial charge in [0, 0.05) is 31.7 Å². The lowest BCUT2D eigenvalue weighted by atomic mass is 10.1. The fourth-order valence-electron chi connectivity index (χ4n) is 5.01. The smallest absolute Gasteiger partial charge is 0.417 e. The number of halogens is 4. The van der Waals surface area contributed by atoms with E-state index < -0.39 is 11.7 Å². The van der Waals surface area contributed by atoms with Gasteiger partial charge in [-0.25, -0.2) is 4.98 Å². The molecule has 1 aliphatic rings. The van der Waals surface area contributed by atoms with E-state index in [0.717, 1.165) is 53.8 Å². The third-order valence-corrected chi connectivity index (χ3v) is 7.48. The van der Waals surface area contributed by atoms with Gasteiger partial charge in [-0.3, -0.25) is 4.90 Å². The summed E-state index contributed by atoms with van der Waals surface area (Å²) >= 11 is 6.33. The Morgan fingerprint density at radius 3 is 2.48 bits per heavy atom. The van der Waals surface area contributed by atoms with Crippen molar-refractivity contribution in [1.82, 2.24) is 14.5 Å². The average Bonchev–Trinajstić information content (AvgIpc) is 3.52. The molecule has 2 heterocycles. The molecular weight excluding hydrogens is 539 g/mol. The van der Waals surface area contributed by atoms with Crippen molar-refractivity contribution in [2.75, 3.05) is 6.79 Å². The Bertz CT molecular complexity index is 1470. The second kappa shape index (κ2) is 11.9. The molecule has 0 saturated carbocycles. The zero-order valence-corrected chi connectivity index (χ0v) is 23.2. The SMILES string of the molecule is CCCCn1c(-c2ccccc2)nc(C)c1CN(Cc1ccc2c(c1)OCO2)Cc1cccc(C(F)(F)F)c1Cl. The standard InChI is InChI=1S/C31H31ClF3N3O2/c1-3-4-15-38-26(21(2)36-30(38)23-9-6-5-7-10-23)19-37(17-22-13-14-27-28(16-22)40-20-39-27)18-24-11-8-12-25(29(24)32)31(33,34)35/h5-14,16H,3-4,15,17-20H2,1-2H3. The first-order valence-electron chi connectivity index (χ1n) is 13.3. The minimum Gasteiger partial charge on any atom is -0.454 e. The Labute approximate surface area is 237 Å². The van der Waals surface area contributed by atoms with Gasteiger partial charge in [0.15, 0.2) is 11.5 Å². The summed E-state index contributed by atoms with van der Waals surface area (Å²) in [5, 5.41) is -0.271. The van der Waals surface area contributed by atoms with Gasteiger partial charge in [0.05, 0.1) is 22.0 Å². The summed E-state index contributed by atoms with van der Waals surface area (Å²) in [5.41, 5.74) is 3.48. The predicted molar refractivity (Wildman–Crippen MR) is 149 cm³/mol. The maximum absolute atomic E-state index is 13.6. The summed E-state index contributed by atoms with van der Waals surface area (Å²) in [6.07, 6.45) is -2.54. The number of hydrogen-bond donors (Lipinski definition) is 0. The van der Waals surface area contributed by atoms with Gasteiger partial charge in [-0.2, -0.15) is 13.2 Å². The largest absolute Gasteiger partial charge is 0.454 e. The summed E-state index contributed by atoms with van der Waals surface area (Å²) in [6.45, 7) is 6.24. The van der Waals surface area contributed by atoms with Gasteiger partial charge >= 0.3 is 6.18 Å². The highest BCUT2D eigenvalue weighted by molar-refractivity contribution is 6.32. The van der Waals surface area contributed by atoms with Crippen LogP contribution in [0.4, 0.5) is 13.2 Å². The number of nitrogens with zero attached hydrogens (tertiary/aromatic N) is 3. The number of rotatable bonds is 10. The fourth-order valence-corrected chi connectivity index (χ4v) is 5.30. The predicted octanol–water partition coefficient (Wildman–Crippen LogP) is 8.26. The molecule has 5 nitrogen and oxygen atoms in total. The lowest BCUT2D eigenvalue weighted by Crippen LogP contribution is -2.25. The van der Waals surface area contributed by atoms with Crippen molar-refractivity contribution >= 4 is 11.6 Å². The van der Waals surface area contributed by atoms with Crippen molar-refractivity contribution in [3.8, 4) is 22.9 Å². The molecule has 40 heavy (non-hydrogen) atoms. The fraction of sp³-hybridized carbons (Fsp3) is 0.323. The summed E-state index contributed by atoms with van der Waals surface area (Å²) in [5.74, 6) is 2.23. The molecule has 0 atom stereocenters. The molecule has 3 aromatic carbocycles. The van der Waals surface area contributed by atoms with Crippen LogP contribution in [0.3, 0.4) is 0 Å². The van der Waals surface area contributed by atoms with Crippen molar-refractivity contribution in [2.24, 2.45) is 0 Å². The Morgan fingerprint density at radius 2 is 1.73 bits per heavy atom. The van der Waals surface area contributed by atoms with Gasteiger partial charge in [-0.05, 0) is 42.7 Å². The highest BCUT2D eigenvalue weighted by Gasteiger charge is 2.34. The van der Waals surface area contributed by atoms with Crippen molar-refractivity contribution in [3.05, 3.63) is 99.8 Å². The summed E-state index contributed by atoms with van der Waals surface area (Å²) < 4.78 is 54.2. The maximum atomic E-state index is 13.6. The zero-order valence-electron chi connectivity index (χ0n) is 22.5. The molecule has 0 unspecified atom stereocenters. The van der Waals surface area contributed by atoms with Gasteiger partial charge in [0.1, 0.15) is 5.82 Å². The second-order valence-corrected chi connectivity index (χ2v) is 10.3. The molecule has 9 heteroatoms. The van der Waals surface area contributed by atoms with Crippen LogP contribution in [0, 0.1) is 6.92 Å². The van der Waals surface area contributed by atoms with Crippen LogP contribution in [0.25, 0.3) is 11.4 Å². The third-order valence-electron chi connectivity index (χ3n) is 7.03. The highest BCUT2D eigenvalue weighted by atomic mass is 35.5. The van der Waals surface area contributed by atoms with Gasteiger partial charge in [0.2, 0.25) is 6.79 Å². The van der Waals surface area contributed by atoms with Gasteiger partial charge in [-0.1, -0.05) is 73.5 Å². The van der Waals surface area contributed by atoms with E-state index in [2.05, 4.69) is 16.4 Å². The van der Waals surface area contributed by atoms with Crippen LogP contribution in [0.1, 0.15) is 47.8 Å². The first kappa shape index (κ1) is 28.1. The van der Waals surface area contributed by atoms with Crippen LogP contribution in [0.15, 0.2) is 66.7 Å². The molecule has 210 valence electrons. The minimum absolute atomic E-state index is 0.167. The van der Waals surface area contributed by atoms with E-state index in [1.54, 1.807) is 6.07 Å². The number of benzene rings is 3. The molecule has 0 fully saturated rings. The molecular formula is C31H31ClF3N3O2. The maximum Gasteiger partial charge on any atom is 0.417 e. The number of aryl methyl sites for hydroxylation is 1. The third kappa shape index (κ3) is 6.13. The van der Waals surface area contributed by atoms with E-state index in [4.69, 9.17) is 26.1 Å². The van der Waals surface area contributed by atoms with E-state index in [0.29, 0.717) is 30.2 Å². The first-order chi connectivity index (χ1) is 19.2. The lowest BCUT2D eigenvalue weighted by molar-refractivity contribution is -0.137. The topological polar surface area (TPSA) is 39.5 Å². The first-order valence-corrected chi connectivity index (χ1v) is 13.7. The van der Waals surface area contributed by atoms with Crippen LogP contribution < -0.4 is 9.47 Å². The molecule has 5 rings (SSSR count). The molecule has 0 spiro atoms. The highest BCUT2D eigenvalue weighted by Crippen LogP contribution is 2.37. The lowest BCUT2D eigenvalue weighted by Gasteiger charge is -2.25. The molecule has 0 amide bonds. The van der Waals surface area contributed by atoms with Crippen molar-refractivity contribution in [1.29, 1.82) is 0 Å². The quantitative estimate of drug-likeness (QED) is 0.193. The Kier molecular flexibility index (Phi) is 8.38. The zero-order chi connectivity index (χ0) is 28.3. The van der Waals surface area contributed by atoms with E-state index in [1.807, 2.05) is 55.5 Å². The number of aromatic nitrogens is 2. The Hall–Kier alpha value is -3.49. The van der Waals surface area contributed by atoms with Crippen LogP contribution >= 0.6 is 11.6 Å². The van der Waals surface area contributed by atoms with Gasteiger partial charge in [-0.15, -0.1) is 0 Å². The number of hydrogen-bond acceptors (Lipinski definition) is 4. The molecule has 4 aromatic rings. The van der Waals surface area contributed by atoms with E-state index in [-0.39, 0.29) is 18.4 Å². The summed E-state index contributed by atoms with van der Waals surface area (Å²) in [7, 11) is 0. The van der Waals surface area contributed by atoms with Crippen LogP contribution in [0.2, 0.25) is 5.02 Å². The van der Waals surface area contributed by atoms with E-state index in [1.165, 1.54) is 6.07 Å². The van der Waals surface area contributed by atoms with Crippen LogP contribution in [-0.4, -0.2) is 21.2 Å². The minimum atomic E-state index is -4.53. The molecule has 0 saturated heterocycles. The van der Waals surface area contributed by atoms with Gasteiger partial charge < -0.3 is 14.0 Å². The number of ether oxygens (including phenoxy) is 2. The van der Waals surface area contributed by atoms with Crippen molar-refractivity contribution in [3.63, 3.8) is 0 Å². The molecule has 0 bridgehead atoms. The molecule has 0 aliphatic carbocycles. The Balaban J connectivity index is 1.53. The number of alkyl halides is 3. The molecule has 1 aromatic heterocycles. The number of fused-ring (bicyclic) bond motifs is 1. The summed E-state index contributed by atoms with van der Waals surface area (Å²) in [6, 6.07) is 19.8. The normalized spacial score (nSPS) is 12.9. The number of imidazole rings is 1. The molecule has 1 aliphatic heterocycles. The van der Waals surface area contributed by atoms with Crippen LogP contribution in [-0.2, 0) is 32.4 Å². The Morgan fingerprint density at radius 1 is 0.950 bits per heavy atom. The molecule has 0 N–H and O–H groups in total. The summed E-state index contributed by atoms with van der Waals surface area (Å²) in [4.78, 5) is 7.03. The van der Waals surface area contributed by atoms with Gasteiger partial charge in [0.25, 0.3) is 0 Å². The monoisotopic (exact) mass is 569 g/mol. The van der Waals surface area contributed by atoms with E-state index >= 15 is 0 Å². The average molecular weight is 570 g/mol. The van der Waals surface area contributed by atoms with E-state index in [9.17, 15) is 13.2 Å². The second-order valence-electron chi connectivity index (χ2n) is 9.95.